The highest BCUT2D eigenvalue weighted by Crippen LogP contribution is 2.19. The fraction of sp³-hybridized carbons (Fsp3) is 0.174. The van der Waals surface area contributed by atoms with Crippen molar-refractivity contribution in [2.75, 3.05) is 23.8 Å². The van der Waals surface area contributed by atoms with E-state index in [0.29, 0.717) is 17.1 Å². The first-order chi connectivity index (χ1) is 16.3. The summed E-state index contributed by atoms with van der Waals surface area (Å²) in [7, 11) is 0. The number of hydrogen-bond donors (Lipinski definition) is 2. The number of hydrogen-bond acceptors (Lipinski definition) is 7. The lowest BCUT2D eigenvalue weighted by Crippen LogP contribution is -2.27. The topological polar surface area (TPSA) is 129 Å². The van der Waals surface area contributed by atoms with Crippen molar-refractivity contribution in [3.63, 3.8) is 0 Å². The monoisotopic (exact) mass is 528 g/mol. The molecule has 34 heavy (non-hydrogen) atoms. The molecule has 0 saturated carbocycles. The van der Waals surface area contributed by atoms with Crippen molar-refractivity contribution in [1.82, 2.24) is 9.78 Å². The summed E-state index contributed by atoms with van der Waals surface area (Å²) in [4.78, 5) is 48.7. The van der Waals surface area contributed by atoms with Gasteiger partial charge in [-0.15, -0.1) is 0 Å². The molecule has 0 saturated heterocycles. The number of amides is 2. The number of nitrogens with one attached hydrogen (secondary N) is 2. The Balaban J connectivity index is 1.81. The summed E-state index contributed by atoms with van der Waals surface area (Å²) in [6.07, 6.45) is 0. The van der Waals surface area contributed by atoms with Crippen molar-refractivity contribution in [3.05, 3.63) is 75.1 Å². The zero-order valence-electron chi connectivity index (χ0n) is 18.3. The third kappa shape index (κ3) is 6.51. The number of carbonyl (C=O) groups is 3. The van der Waals surface area contributed by atoms with Crippen LogP contribution in [0.1, 0.15) is 24.3 Å². The fourth-order valence-electron chi connectivity index (χ4n) is 2.90. The van der Waals surface area contributed by atoms with E-state index in [1.54, 1.807) is 55.5 Å². The van der Waals surface area contributed by atoms with Crippen LogP contribution in [0.4, 0.5) is 11.4 Å². The molecule has 3 aromatic rings. The average Bonchev–Trinajstić information content (AvgIpc) is 2.77. The minimum atomic E-state index is -0.801. The number of halogens is 1. The van der Waals surface area contributed by atoms with Gasteiger partial charge in [-0.05, 0) is 43.3 Å². The molecule has 0 unspecified atom stereocenters. The molecule has 0 aliphatic heterocycles. The second-order valence-corrected chi connectivity index (χ2v) is 7.82. The molecule has 0 aliphatic carbocycles. The highest BCUT2D eigenvalue weighted by atomic mass is 79.9. The summed E-state index contributed by atoms with van der Waals surface area (Å²) >= 11 is 3.33. The second kappa shape index (κ2) is 11.2. The molecule has 1 aromatic heterocycles. The van der Waals surface area contributed by atoms with Crippen molar-refractivity contribution >= 4 is 45.1 Å². The van der Waals surface area contributed by atoms with Crippen LogP contribution in [0.15, 0.2) is 63.9 Å². The molecule has 3 rings (SSSR count). The summed E-state index contributed by atoms with van der Waals surface area (Å²) in [6, 6.07) is 14.4. The van der Waals surface area contributed by atoms with Crippen LogP contribution >= 0.6 is 15.9 Å². The fourth-order valence-corrected chi connectivity index (χ4v) is 3.29. The molecule has 11 heteroatoms. The third-order valence-corrected chi connectivity index (χ3v) is 4.74. The Hall–Kier alpha value is -3.99. The Bertz CT molecular complexity index is 1290. The average molecular weight is 529 g/mol. The zero-order chi connectivity index (χ0) is 24.7. The van der Waals surface area contributed by atoms with E-state index in [1.807, 2.05) is 0 Å². The molecule has 0 bridgehead atoms. The smallest absolute Gasteiger partial charge is 0.362 e. The van der Waals surface area contributed by atoms with Gasteiger partial charge in [-0.25, -0.2) is 4.79 Å². The van der Waals surface area contributed by atoms with E-state index in [-0.39, 0.29) is 24.0 Å². The molecule has 0 aliphatic rings. The van der Waals surface area contributed by atoms with Crippen LogP contribution in [0.25, 0.3) is 5.69 Å². The van der Waals surface area contributed by atoms with Gasteiger partial charge in [0, 0.05) is 22.8 Å². The van der Waals surface area contributed by atoms with Crippen molar-refractivity contribution in [2.24, 2.45) is 0 Å². The van der Waals surface area contributed by atoms with Crippen molar-refractivity contribution in [3.8, 4) is 11.4 Å². The van der Waals surface area contributed by atoms with Gasteiger partial charge >= 0.3 is 5.97 Å². The molecule has 10 nitrogen and oxygen atoms in total. The Morgan fingerprint density at radius 2 is 1.74 bits per heavy atom. The quantitative estimate of drug-likeness (QED) is 0.429. The van der Waals surface area contributed by atoms with Crippen LogP contribution in [0, 0.1) is 0 Å². The minimum Gasteiger partial charge on any atom is -0.481 e. The third-order valence-electron chi connectivity index (χ3n) is 4.24. The number of benzene rings is 2. The summed E-state index contributed by atoms with van der Waals surface area (Å²) < 4.78 is 12.2. The molecule has 1 heterocycles. The van der Waals surface area contributed by atoms with Gasteiger partial charge in [-0.2, -0.15) is 9.78 Å². The molecular weight excluding hydrogens is 508 g/mol. The van der Waals surface area contributed by atoms with Gasteiger partial charge in [0.15, 0.2) is 12.4 Å². The van der Waals surface area contributed by atoms with E-state index in [0.717, 1.165) is 15.2 Å². The lowest BCUT2D eigenvalue weighted by atomic mass is 10.2. The van der Waals surface area contributed by atoms with Gasteiger partial charge in [0.1, 0.15) is 0 Å². The van der Waals surface area contributed by atoms with Crippen LogP contribution in [0.5, 0.6) is 5.75 Å². The molecule has 0 atom stereocenters. The van der Waals surface area contributed by atoms with Gasteiger partial charge in [-0.3, -0.25) is 14.4 Å². The van der Waals surface area contributed by atoms with E-state index >= 15 is 0 Å². The van der Waals surface area contributed by atoms with Gasteiger partial charge in [0.05, 0.1) is 18.4 Å². The Labute approximate surface area is 203 Å². The predicted octanol–water partition coefficient (Wildman–Crippen LogP) is 3.15. The van der Waals surface area contributed by atoms with Gasteiger partial charge in [-0.1, -0.05) is 28.1 Å². The lowest BCUT2D eigenvalue weighted by Gasteiger charge is -2.13. The summed E-state index contributed by atoms with van der Waals surface area (Å²) in [5, 5.41) is 9.35. The van der Waals surface area contributed by atoms with Gasteiger partial charge in [0.25, 0.3) is 11.5 Å². The van der Waals surface area contributed by atoms with Crippen LogP contribution in [-0.4, -0.2) is 40.8 Å². The first kappa shape index (κ1) is 24.6. The van der Waals surface area contributed by atoms with Crippen LogP contribution in [-0.2, 0) is 14.3 Å². The van der Waals surface area contributed by atoms with E-state index in [9.17, 15) is 19.2 Å². The number of esters is 1. The summed E-state index contributed by atoms with van der Waals surface area (Å²) in [5.74, 6) is -1.78. The molecular formula is C23H21BrN4O6. The number of rotatable bonds is 8. The van der Waals surface area contributed by atoms with Crippen LogP contribution in [0.3, 0.4) is 0 Å². The molecule has 0 radical (unpaired) electrons. The first-order valence-electron chi connectivity index (χ1n) is 10.1. The molecule has 0 spiro atoms. The number of anilines is 2. The Morgan fingerprint density at radius 3 is 2.41 bits per heavy atom. The number of nitrogens with zero attached hydrogens (tertiary/aromatic N) is 2. The maximum absolute atomic E-state index is 12.7. The van der Waals surface area contributed by atoms with E-state index < -0.39 is 24.0 Å². The van der Waals surface area contributed by atoms with E-state index in [1.165, 1.54) is 6.92 Å². The maximum Gasteiger partial charge on any atom is 0.362 e. The largest absolute Gasteiger partial charge is 0.481 e. The highest BCUT2D eigenvalue weighted by Gasteiger charge is 2.21. The molecule has 2 N–H and O–H groups in total. The van der Waals surface area contributed by atoms with Gasteiger partial charge in [0.2, 0.25) is 11.6 Å². The SMILES string of the molecule is CCOC(=O)c1nn(-c2cccc(Br)c2)c(=O)cc1OCC(=O)Nc1cccc(NC(C)=O)c1. The maximum atomic E-state index is 12.7. The molecule has 176 valence electrons. The highest BCUT2D eigenvalue weighted by molar-refractivity contribution is 9.10. The minimum absolute atomic E-state index is 0.0844. The first-order valence-corrected chi connectivity index (χ1v) is 10.9. The van der Waals surface area contributed by atoms with E-state index in [4.69, 9.17) is 9.47 Å². The van der Waals surface area contributed by atoms with Crippen molar-refractivity contribution < 1.29 is 23.9 Å². The predicted molar refractivity (Wildman–Crippen MR) is 128 cm³/mol. The van der Waals surface area contributed by atoms with Crippen molar-refractivity contribution in [1.29, 1.82) is 0 Å². The van der Waals surface area contributed by atoms with E-state index in [2.05, 4.69) is 31.7 Å². The molecule has 2 aromatic carbocycles. The summed E-state index contributed by atoms with van der Waals surface area (Å²) in [6.45, 7) is 2.59. The standard InChI is InChI=1S/C23H21BrN4O6/c1-3-33-23(32)22-19(12-21(31)28(27-22)18-9-4-6-15(24)10-18)34-13-20(30)26-17-8-5-7-16(11-17)25-14(2)29/h4-12H,3,13H2,1-2H3,(H,25,29)(H,26,30). The number of ether oxygens (including phenoxy) is 2. The van der Waals surface area contributed by atoms with Gasteiger partial charge < -0.3 is 20.1 Å². The van der Waals surface area contributed by atoms with Crippen LogP contribution < -0.4 is 20.9 Å². The number of aromatic nitrogens is 2. The van der Waals surface area contributed by atoms with Crippen molar-refractivity contribution in [2.45, 2.75) is 13.8 Å². The number of carbonyl (C=O) groups excluding carboxylic acids is 3. The Morgan fingerprint density at radius 1 is 1.03 bits per heavy atom. The lowest BCUT2D eigenvalue weighted by molar-refractivity contribution is -0.118. The zero-order valence-corrected chi connectivity index (χ0v) is 19.9. The van der Waals surface area contributed by atoms with Crippen LogP contribution in [0.2, 0.25) is 0 Å². The Kier molecular flexibility index (Phi) is 8.14. The molecule has 0 fully saturated rings. The normalized spacial score (nSPS) is 10.3. The molecule has 2 amide bonds. The second-order valence-electron chi connectivity index (χ2n) is 6.91. The summed E-state index contributed by atoms with van der Waals surface area (Å²) in [5.41, 5.74) is 0.546.